The van der Waals surface area contributed by atoms with E-state index in [1.165, 1.54) is 51.6 Å². The maximum Gasteiger partial charge on any atom is 0.143 e. The van der Waals surface area contributed by atoms with E-state index in [4.69, 9.17) is 10.5 Å². The number of hydrogen-bond acceptors (Lipinski definition) is 4. The first kappa shape index (κ1) is 16.7. The van der Waals surface area contributed by atoms with Gasteiger partial charge in [0.25, 0.3) is 0 Å². The van der Waals surface area contributed by atoms with E-state index in [1.54, 1.807) is 13.5 Å². The molecule has 1 heterocycles. The lowest BCUT2D eigenvalue weighted by molar-refractivity contribution is -0.0706. The van der Waals surface area contributed by atoms with Crippen molar-refractivity contribution in [3.05, 3.63) is 18.2 Å². The van der Waals surface area contributed by atoms with E-state index in [9.17, 15) is 0 Å². The van der Waals surface area contributed by atoms with Gasteiger partial charge in [0.2, 0.25) is 0 Å². The first-order chi connectivity index (χ1) is 12.7. The van der Waals surface area contributed by atoms with Gasteiger partial charge in [0.1, 0.15) is 5.75 Å². The molecular weight excluding hydrogens is 322 g/mol. The number of anilines is 2. The van der Waals surface area contributed by atoms with Gasteiger partial charge in [0.05, 0.1) is 12.8 Å². The van der Waals surface area contributed by atoms with Crippen LogP contribution in [0.15, 0.2) is 18.2 Å². The molecule has 4 saturated carbocycles. The summed E-state index contributed by atoms with van der Waals surface area (Å²) >= 11 is 0. The van der Waals surface area contributed by atoms with Crippen LogP contribution in [-0.4, -0.2) is 37.2 Å². The number of hydrogen-bond donors (Lipinski definition) is 2. The Bertz CT molecular complexity index is 625. The van der Waals surface area contributed by atoms with Crippen molar-refractivity contribution in [3.8, 4) is 5.75 Å². The molecule has 142 valence electrons. The molecule has 1 aromatic carbocycles. The van der Waals surface area contributed by atoms with Crippen LogP contribution < -0.4 is 15.8 Å². The highest BCUT2D eigenvalue weighted by molar-refractivity contribution is 5.61. The number of nitrogens with zero attached hydrogens (tertiary/aromatic N) is 1. The molecule has 0 spiro atoms. The second-order valence-electron chi connectivity index (χ2n) is 9.33. The quantitative estimate of drug-likeness (QED) is 0.802. The number of nitrogen functional groups attached to an aromatic ring is 1. The number of rotatable bonds is 4. The second-order valence-corrected chi connectivity index (χ2v) is 9.33. The molecule has 0 aromatic heterocycles. The normalized spacial score (nSPS) is 37.0. The molecule has 0 atom stereocenters. The fraction of sp³-hybridized carbons (Fsp3) is 0.727. The standard InChI is InChI=1S/C22H33N3O/c1-26-21-13-19(2-3-20(21)23)24-18-4-6-25(7-5-18)22-16-9-14-8-15(11-16)12-17(22)10-14/h2-3,13-18,22,24H,4-12,23H2,1H3. The number of ether oxygens (including phenoxy) is 1. The van der Waals surface area contributed by atoms with Crippen molar-refractivity contribution in [3.63, 3.8) is 0 Å². The molecule has 0 unspecified atom stereocenters. The molecule has 1 aliphatic heterocycles. The Morgan fingerprint density at radius 1 is 1.00 bits per heavy atom. The SMILES string of the molecule is COc1cc(NC2CCN(C3C4CC5CC(C4)CC3C5)CC2)ccc1N. The monoisotopic (exact) mass is 355 g/mol. The highest BCUT2D eigenvalue weighted by atomic mass is 16.5. The van der Waals surface area contributed by atoms with E-state index in [-0.39, 0.29) is 0 Å². The van der Waals surface area contributed by atoms with Crippen LogP contribution in [0.5, 0.6) is 5.75 Å². The molecule has 0 radical (unpaired) electrons. The summed E-state index contributed by atoms with van der Waals surface area (Å²) in [5, 5.41) is 3.71. The summed E-state index contributed by atoms with van der Waals surface area (Å²) in [5.41, 5.74) is 7.76. The summed E-state index contributed by atoms with van der Waals surface area (Å²) in [7, 11) is 1.68. The Labute approximate surface area is 157 Å². The van der Waals surface area contributed by atoms with Crippen LogP contribution >= 0.6 is 0 Å². The van der Waals surface area contributed by atoms with Gasteiger partial charge in [-0.25, -0.2) is 0 Å². The maximum absolute atomic E-state index is 5.93. The zero-order chi connectivity index (χ0) is 17.7. The molecule has 4 heteroatoms. The Kier molecular flexibility index (Phi) is 4.27. The molecule has 0 amide bonds. The predicted octanol–water partition coefficient (Wildman–Crippen LogP) is 3.98. The van der Waals surface area contributed by atoms with Gasteiger partial charge >= 0.3 is 0 Å². The first-order valence-electron chi connectivity index (χ1n) is 10.6. The number of piperidine rings is 1. The maximum atomic E-state index is 5.93. The topological polar surface area (TPSA) is 50.5 Å². The first-order valence-corrected chi connectivity index (χ1v) is 10.6. The van der Waals surface area contributed by atoms with Crippen molar-refractivity contribution in [2.24, 2.45) is 23.7 Å². The predicted molar refractivity (Wildman–Crippen MR) is 106 cm³/mol. The summed E-state index contributed by atoms with van der Waals surface area (Å²) in [6, 6.07) is 7.50. The highest BCUT2D eigenvalue weighted by Crippen LogP contribution is 2.55. The third-order valence-electron chi connectivity index (χ3n) is 7.73. The van der Waals surface area contributed by atoms with Gasteiger partial charge in [0, 0.05) is 36.9 Å². The van der Waals surface area contributed by atoms with Crippen molar-refractivity contribution in [2.45, 2.75) is 57.0 Å². The van der Waals surface area contributed by atoms with Crippen LogP contribution in [0.1, 0.15) is 44.9 Å². The van der Waals surface area contributed by atoms with Gasteiger partial charge in [-0.05, 0) is 80.8 Å². The van der Waals surface area contributed by atoms with Crippen LogP contribution in [-0.2, 0) is 0 Å². The van der Waals surface area contributed by atoms with Crippen LogP contribution in [0, 0.1) is 23.7 Å². The molecule has 1 saturated heterocycles. The minimum absolute atomic E-state index is 0.566. The van der Waals surface area contributed by atoms with Crippen LogP contribution in [0.25, 0.3) is 0 Å². The minimum Gasteiger partial charge on any atom is -0.495 e. The Morgan fingerprint density at radius 3 is 2.27 bits per heavy atom. The lowest BCUT2D eigenvalue weighted by Gasteiger charge is -2.58. The lowest BCUT2D eigenvalue weighted by atomic mass is 9.53. The summed E-state index contributed by atoms with van der Waals surface area (Å²) in [4.78, 5) is 2.87. The molecule has 3 N–H and O–H groups in total. The number of benzene rings is 1. The van der Waals surface area contributed by atoms with E-state index in [1.807, 2.05) is 12.1 Å². The zero-order valence-electron chi connectivity index (χ0n) is 16.0. The number of methoxy groups -OCH3 is 1. The van der Waals surface area contributed by atoms with Gasteiger partial charge in [-0.1, -0.05) is 0 Å². The van der Waals surface area contributed by atoms with Crippen LogP contribution in [0.3, 0.4) is 0 Å². The van der Waals surface area contributed by atoms with Crippen molar-refractivity contribution in [2.75, 3.05) is 31.2 Å². The molecule has 1 aromatic rings. The number of nitrogens with one attached hydrogen (secondary N) is 1. The highest BCUT2D eigenvalue weighted by Gasteiger charge is 2.50. The van der Waals surface area contributed by atoms with Crippen LogP contribution in [0.2, 0.25) is 0 Å². The minimum atomic E-state index is 0.566. The Balaban J connectivity index is 1.19. The number of nitrogens with two attached hydrogens (primary N) is 1. The van der Waals surface area contributed by atoms with E-state index < -0.39 is 0 Å². The summed E-state index contributed by atoms with van der Waals surface area (Å²) in [5.74, 6) is 4.94. The zero-order valence-corrected chi connectivity index (χ0v) is 16.0. The lowest BCUT2D eigenvalue weighted by Crippen LogP contribution is -2.58. The van der Waals surface area contributed by atoms with Crippen LogP contribution in [0.4, 0.5) is 11.4 Å². The third kappa shape index (κ3) is 2.96. The van der Waals surface area contributed by atoms with E-state index in [2.05, 4.69) is 16.3 Å². The van der Waals surface area contributed by atoms with Gasteiger partial charge in [-0.15, -0.1) is 0 Å². The smallest absolute Gasteiger partial charge is 0.143 e. The number of likely N-dealkylation sites (tertiary alicyclic amines) is 1. The fourth-order valence-corrected chi connectivity index (χ4v) is 6.87. The molecule has 4 nitrogen and oxygen atoms in total. The molecule has 5 fully saturated rings. The molecule has 6 rings (SSSR count). The van der Waals surface area contributed by atoms with Gasteiger partial charge < -0.3 is 15.8 Å². The summed E-state index contributed by atoms with van der Waals surface area (Å²) in [6.45, 7) is 2.52. The van der Waals surface area contributed by atoms with Gasteiger partial charge in [-0.2, -0.15) is 0 Å². The van der Waals surface area contributed by atoms with Crippen molar-refractivity contribution >= 4 is 11.4 Å². The van der Waals surface area contributed by atoms with E-state index in [0.29, 0.717) is 11.7 Å². The molecule has 26 heavy (non-hydrogen) atoms. The second kappa shape index (κ2) is 6.63. The summed E-state index contributed by atoms with van der Waals surface area (Å²) < 4.78 is 5.35. The fourth-order valence-electron chi connectivity index (χ4n) is 6.87. The van der Waals surface area contributed by atoms with Crippen molar-refractivity contribution in [1.82, 2.24) is 4.90 Å². The molecule has 4 aliphatic carbocycles. The summed E-state index contributed by atoms with van der Waals surface area (Å²) in [6.07, 6.45) is 10.2. The molecule has 4 bridgehead atoms. The largest absolute Gasteiger partial charge is 0.495 e. The van der Waals surface area contributed by atoms with Crippen molar-refractivity contribution in [1.29, 1.82) is 0 Å². The molecular formula is C22H33N3O. The van der Waals surface area contributed by atoms with Gasteiger partial charge in [0.15, 0.2) is 0 Å². The Morgan fingerprint density at radius 2 is 1.65 bits per heavy atom. The molecule has 5 aliphatic rings. The van der Waals surface area contributed by atoms with E-state index in [0.717, 1.165) is 41.2 Å². The average molecular weight is 356 g/mol. The van der Waals surface area contributed by atoms with Gasteiger partial charge in [-0.3, -0.25) is 4.90 Å². The third-order valence-corrected chi connectivity index (χ3v) is 7.73. The van der Waals surface area contributed by atoms with E-state index >= 15 is 0 Å². The van der Waals surface area contributed by atoms with Crippen molar-refractivity contribution < 1.29 is 4.74 Å². The average Bonchev–Trinajstić information content (AvgIpc) is 2.64. The Hall–Kier alpha value is -1.42.